The van der Waals surface area contributed by atoms with Gasteiger partial charge in [-0.1, -0.05) is 12.1 Å². The Kier molecular flexibility index (Phi) is 3.15. The number of carboxylic acids is 2. The van der Waals surface area contributed by atoms with E-state index in [2.05, 4.69) is 21.0 Å². The molecule has 1 aromatic carbocycles. The highest BCUT2D eigenvalue weighted by Gasteiger charge is 2.21. The summed E-state index contributed by atoms with van der Waals surface area (Å²) in [6, 6.07) is 6.96. The fourth-order valence-electron chi connectivity index (χ4n) is 1.45. The Labute approximate surface area is 110 Å². The Morgan fingerprint density at radius 2 is 1.83 bits per heavy atom. The molecule has 0 aliphatic heterocycles. The van der Waals surface area contributed by atoms with Gasteiger partial charge in [0.25, 0.3) is 0 Å². The Balaban J connectivity index is 2.61. The number of para-hydroxylation sites is 1. The minimum Gasteiger partial charge on any atom is -0.478 e. The third kappa shape index (κ3) is 2.12. The lowest BCUT2D eigenvalue weighted by molar-refractivity contribution is 0.0648. The molecule has 0 saturated heterocycles. The van der Waals surface area contributed by atoms with Gasteiger partial charge in [-0.3, -0.25) is 0 Å². The number of benzene rings is 1. The average molecular weight is 311 g/mol. The van der Waals surface area contributed by atoms with E-state index in [1.165, 1.54) is 10.9 Å². The first kappa shape index (κ1) is 12.3. The minimum absolute atomic E-state index is 0.349. The number of rotatable bonds is 3. The molecular formula is C11H7BrN2O4. The highest BCUT2D eigenvalue weighted by atomic mass is 79.9. The van der Waals surface area contributed by atoms with Crippen LogP contribution in [-0.4, -0.2) is 31.9 Å². The van der Waals surface area contributed by atoms with Crippen molar-refractivity contribution in [2.24, 2.45) is 0 Å². The van der Waals surface area contributed by atoms with Crippen molar-refractivity contribution in [3.05, 3.63) is 46.2 Å². The fourth-order valence-corrected chi connectivity index (χ4v) is 1.92. The zero-order valence-corrected chi connectivity index (χ0v) is 10.5. The van der Waals surface area contributed by atoms with E-state index in [4.69, 9.17) is 10.2 Å². The molecule has 18 heavy (non-hydrogen) atoms. The van der Waals surface area contributed by atoms with E-state index in [9.17, 15) is 9.59 Å². The first-order valence-electron chi connectivity index (χ1n) is 4.82. The van der Waals surface area contributed by atoms with Crippen LogP contribution in [0.15, 0.2) is 34.9 Å². The summed E-state index contributed by atoms with van der Waals surface area (Å²) in [4.78, 5) is 21.8. The molecule has 1 aromatic heterocycles. The number of carbonyl (C=O) groups is 2. The van der Waals surface area contributed by atoms with E-state index in [1.54, 1.807) is 24.3 Å². The van der Waals surface area contributed by atoms with Crippen LogP contribution >= 0.6 is 15.9 Å². The van der Waals surface area contributed by atoms with Crippen molar-refractivity contribution in [2.75, 3.05) is 0 Å². The van der Waals surface area contributed by atoms with Crippen LogP contribution in [0.2, 0.25) is 0 Å². The van der Waals surface area contributed by atoms with Crippen LogP contribution in [0.4, 0.5) is 0 Å². The van der Waals surface area contributed by atoms with Gasteiger partial charge in [-0.2, -0.15) is 5.10 Å². The zero-order chi connectivity index (χ0) is 13.3. The van der Waals surface area contributed by atoms with Gasteiger partial charge in [0, 0.05) is 10.7 Å². The number of aromatic carboxylic acids is 2. The third-order valence-corrected chi connectivity index (χ3v) is 2.92. The molecule has 0 fully saturated rings. The summed E-state index contributed by atoms with van der Waals surface area (Å²) >= 11 is 3.29. The molecule has 7 heteroatoms. The van der Waals surface area contributed by atoms with Crippen molar-refractivity contribution in [1.29, 1.82) is 0 Å². The van der Waals surface area contributed by atoms with Crippen molar-refractivity contribution in [3.8, 4) is 5.69 Å². The summed E-state index contributed by atoms with van der Waals surface area (Å²) < 4.78 is 1.90. The summed E-state index contributed by atoms with van der Waals surface area (Å²) in [7, 11) is 0. The van der Waals surface area contributed by atoms with Gasteiger partial charge in [0.1, 0.15) is 5.56 Å². The second-order valence-electron chi connectivity index (χ2n) is 3.40. The summed E-state index contributed by atoms with van der Waals surface area (Å²) in [5.41, 5.74) is -0.274. The van der Waals surface area contributed by atoms with Crippen LogP contribution in [0.25, 0.3) is 5.69 Å². The van der Waals surface area contributed by atoms with Crippen LogP contribution in [0.5, 0.6) is 0 Å². The summed E-state index contributed by atoms with van der Waals surface area (Å²) in [5, 5.41) is 21.6. The Bertz CT molecular complexity index is 604. The Morgan fingerprint density at radius 1 is 1.17 bits per heavy atom. The maximum Gasteiger partial charge on any atom is 0.357 e. The Hall–Kier alpha value is -2.15. The molecule has 0 bridgehead atoms. The van der Waals surface area contributed by atoms with Gasteiger partial charge < -0.3 is 10.2 Å². The quantitative estimate of drug-likeness (QED) is 0.905. The molecule has 2 N–H and O–H groups in total. The van der Waals surface area contributed by atoms with Crippen molar-refractivity contribution in [2.45, 2.75) is 0 Å². The van der Waals surface area contributed by atoms with E-state index < -0.39 is 17.6 Å². The topological polar surface area (TPSA) is 92.4 Å². The normalized spacial score (nSPS) is 10.3. The number of hydrogen-bond acceptors (Lipinski definition) is 3. The third-order valence-electron chi connectivity index (χ3n) is 2.25. The maximum absolute atomic E-state index is 10.9. The van der Waals surface area contributed by atoms with E-state index >= 15 is 0 Å². The van der Waals surface area contributed by atoms with E-state index in [0.717, 1.165) is 0 Å². The standard InChI is InChI=1S/C11H7BrN2O4/c12-7-3-1-2-4-8(7)14-5-6(10(15)16)9(13-14)11(17)18/h1-5H,(H,15,16)(H,17,18). The molecule has 0 amide bonds. The van der Waals surface area contributed by atoms with Gasteiger partial charge in [-0.05, 0) is 28.1 Å². The molecule has 1 heterocycles. The lowest BCUT2D eigenvalue weighted by Gasteiger charge is -2.02. The van der Waals surface area contributed by atoms with Crippen LogP contribution in [0.3, 0.4) is 0 Å². The number of aromatic nitrogens is 2. The van der Waals surface area contributed by atoms with Crippen LogP contribution in [0.1, 0.15) is 20.8 Å². The van der Waals surface area contributed by atoms with Gasteiger partial charge in [0.15, 0.2) is 5.69 Å². The first-order chi connectivity index (χ1) is 8.50. The molecule has 0 saturated carbocycles. The van der Waals surface area contributed by atoms with Crippen LogP contribution in [0, 0.1) is 0 Å². The van der Waals surface area contributed by atoms with E-state index in [1.807, 2.05) is 0 Å². The minimum atomic E-state index is -1.38. The highest BCUT2D eigenvalue weighted by molar-refractivity contribution is 9.10. The SMILES string of the molecule is O=C(O)c1cn(-c2ccccc2Br)nc1C(=O)O. The molecule has 0 unspecified atom stereocenters. The predicted molar refractivity (Wildman–Crippen MR) is 65.2 cm³/mol. The average Bonchev–Trinajstić information content (AvgIpc) is 2.74. The van der Waals surface area contributed by atoms with Gasteiger partial charge in [-0.15, -0.1) is 0 Å². The van der Waals surface area contributed by atoms with Gasteiger partial charge in [-0.25, -0.2) is 14.3 Å². The molecule has 0 radical (unpaired) electrons. The molecule has 92 valence electrons. The predicted octanol–water partition coefficient (Wildman–Crippen LogP) is 2.03. The lowest BCUT2D eigenvalue weighted by atomic mass is 10.2. The molecule has 6 nitrogen and oxygen atoms in total. The van der Waals surface area contributed by atoms with Crippen molar-refractivity contribution in [1.82, 2.24) is 9.78 Å². The van der Waals surface area contributed by atoms with Crippen molar-refractivity contribution < 1.29 is 19.8 Å². The summed E-state index contributed by atoms with van der Waals surface area (Å²) in [6.07, 6.45) is 1.17. The molecule has 0 aliphatic carbocycles. The highest BCUT2D eigenvalue weighted by Crippen LogP contribution is 2.21. The van der Waals surface area contributed by atoms with Gasteiger partial charge in [0.05, 0.1) is 5.69 Å². The second kappa shape index (κ2) is 4.61. The number of nitrogens with zero attached hydrogens (tertiary/aromatic N) is 2. The molecule has 2 rings (SSSR count). The lowest BCUT2D eigenvalue weighted by Crippen LogP contribution is -2.06. The molecule has 0 aliphatic rings. The monoisotopic (exact) mass is 310 g/mol. The molecule has 0 atom stereocenters. The number of carboxylic acid groups (broad SMARTS) is 2. The Morgan fingerprint density at radius 3 is 2.33 bits per heavy atom. The second-order valence-corrected chi connectivity index (χ2v) is 4.25. The number of halogens is 1. The van der Waals surface area contributed by atoms with E-state index in [0.29, 0.717) is 10.2 Å². The van der Waals surface area contributed by atoms with Crippen molar-refractivity contribution in [3.63, 3.8) is 0 Å². The van der Waals surface area contributed by atoms with E-state index in [-0.39, 0.29) is 5.56 Å². The van der Waals surface area contributed by atoms with Crippen LogP contribution in [-0.2, 0) is 0 Å². The van der Waals surface area contributed by atoms with Gasteiger partial charge >= 0.3 is 11.9 Å². The largest absolute Gasteiger partial charge is 0.478 e. The molecular weight excluding hydrogens is 304 g/mol. The zero-order valence-electron chi connectivity index (χ0n) is 8.87. The maximum atomic E-state index is 10.9. The summed E-state index contributed by atoms with van der Waals surface area (Å²) in [5.74, 6) is -2.70. The molecule has 2 aromatic rings. The molecule has 0 spiro atoms. The smallest absolute Gasteiger partial charge is 0.357 e. The van der Waals surface area contributed by atoms with Gasteiger partial charge in [0.2, 0.25) is 0 Å². The van der Waals surface area contributed by atoms with Crippen molar-refractivity contribution >= 4 is 27.9 Å². The first-order valence-corrected chi connectivity index (χ1v) is 5.61. The number of hydrogen-bond donors (Lipinski definition) is 2. The van der Waals surface area contributed by atoms with Crippen LogP contribution < -0.4 is 0 Å². The summed E-state index contributed by atoms with van der Waals surface area (Å²) in [6.45, 7) is 0. The fraction of sp³-hybridized carbons (Fsp3) is 0.